The summed E-state index contributed by atoms with van der Waals surface area (Å²) in [5.74, 6) is -0.871. The predicted molar refractivity (Wildman–Crippen MR) is 66.3 cm³/mol. The summed E-state index contributed by atoms with van der Waals surface area (Å²) in [6.07, 6.45) is 1.24. The Hall–Kier alpha value is -2.97. The summed E-state index contributed by atoms with van der Waals surface area (Å²) in [5, 5.41) is 23.5. The highest BCUT2D eigenvalue weighted by Gasteiger charge is 2.21. The van der Waals surface area contributed by atoms with E-state index >= 15 is 0 Å². The van der Waals surface area contributed by atoms with Gasteiger partial charge in [0.1, 0.15) is 12.9 Å². The largest absolute Gasteiger partial charge is 0.490 e. The molecule has 9 heteroatoms. The average Bonchev–Trinajstić information content (AvgIpc) is 2.85. The van der Waals surface area contributed by atoms with E-state index in [0.29, 0.717) is 5.56 Å². The van der Waals surface area contributed by atoms with E-state index in [2.05, 4.69) is 10.1 Å². The number of para-hydroxylation sites is 1. The second kappa shape index (κ2) is 5.34. The minimum absolute atomic E-state index is 0.0329. The van der Waals surface area contributed by atoms with Gasteiger partial charge in [0.2, 0.25) is 5.75 Å². The molecule has 1 N–H and O–H groups in total. The molecule has 0 aliphatic heterocycles. The van der Waals surface area contributed by atoms with Crippen LogP contribution in [0.3, 0.4) is 0 Å². The van der Waals surface area contributed by atoms with E-state index in [4.69, 9.17) is 9.84 Å². The van der Waals surface area contributed by atoms with Gasteiger partial charge in [-0.25, -0.2) is 9.67 Å². The molecule has 0 fully saturated rings. The Balaban J connectivity index is 2.47. The van der Waals surface area contributed by atoms with Crippen LogP contribution in [-0.4, -0.2) is 37.9 Å². The van der Waals surface area contributed by atoms with E-state index in [1.807, 2.05) is 0 Å². The molecule has 0 unspecified atom stereocenters. The number of carboxylic acids is 1. The zero-order valence-electron chi connectivity index (χ0n) is 10.4. The third kappa shape index (κ3) is 2.55. The van der Waals surface area contributed by atoms with Gasteiger partial charge in [-0.3, -0.25) is 14.9 Å². The number of hydrogen-bond donors (Lipinski definition) is 1. The van der Waals surface area contributed by atoms with Crippen LogP contribution >= 0.6 is 0 Å². The number of methoxy groups -OCH3 is 1. The first-order valence-corrected chi connectivity index (χ1v) is 5.46. The van der Waals surface area contributed by atoms with Crippen LogP contribution < -0.4 is 4.74 Å². The minimum atomic E-state index is -1.06. The maximum absolute atomic E-state index is 10.9. The fourth-order valence-corrected chi connectivity index (χ4v) is 1.69. The van der Waals surface area contributed by atoms with Crippen LogP contribution in [0.15, 0.2) is 24.5 Å². The molecule has 1 aromatic carbocycles. The summed E-state index contributed by atoms with van der Waals surface area (Å²) >= 11 is 0. The Bertz CT molecular complexity index is 667. The SMILES string of the molecule is COc1c(-c2ncn(CC(=O)O)n2)cccc1[N+](=O)[O-]. The van der Waals surface area contributed by atoms with Crippen LogP contribution in [0.4, 0.5) is 5.69 Å². The fourth-order valence-electron chi connectivity index (χ4n) is 1.69. The number of ether oxygens (including phenoxy) is 1. The molecule has 1 heterocycles. The Morgan fingerprint density at radius 1 is 1.55 bits per heavy atom. The van der Waals surface area contributed by atoms with E-state index in [1.54, 1.807) is 6.07 Å². The van der Waals surface area contributed by atoms with Crippen LogP contribution in [0.2, 0.25) is 0 Å². The van der Waals surface area contributed by atoms with Crippen LogP contribution in [0.5, 0.6) is 5.75 Å². The molecule has 20 heavy (non-hydrogen) atoms. The lowest BCUT2D eigenvalue weighted by atomic mass is 10.1. The van der Waals surface area contributed by atoms with E-state index < -0.39 is 10.9 Å². The van der Waals surface area contributed by atoms with Crippen LogP contribution in [0.25, 0.3) is 11.4 Å². The molecule has 0 atom stereocenters. The van der Waals surface area contributed by atoms with Crippen LogP contribution in [0, 0.1) is 10.1 Å². The number of carboxylic acid groups (broad SMARTS) is 1. The normalized spacial score (nSPS) is 10.2. The molecule has 0 aliphatic carbocycles. The molecule has 0 spiro atoms. The lowest BCUT2D eigenvalue weighted by molar-refractivity contribution is -0.385. The van der Waals surface area contributed by atoms with Gasteiger partial charge >= 0.3 is 11.7 Å². The van der Waals surface area contributed by atoms with Gasteiger partial charge in [-0.15, -0.1) is 0 Å². The minimum Gasteiger partial charge on any atom is -0.490 e. The van der Waals surface area contributed by atoms with Crippen molar-refractivity contribution in [2.45, 2.75) is 6.54 Å². The van der Waals surface area contributed by atoms with Crippen molar-refractivity contribution in [3.8, 4) is 17.1 Å². The molecule has 9 nitrogen and oxygen atoms in total. The quantitative estimate of drug-likeness (QED) is 0.638. The zero-order chi connectivity index (χ0) is 14.7. The summed E-state index contributed by atoms with van der Waals surface area (Å²) in [6, 6.07) is 4.34. The van der Waals surface area contributed by atoms with E-state index in [0.717, 1.165) is 4.68 Å². The number of aliphatic carboxylic acids is 1. The molecule has 2 aromatic rings. The van der Waals surface area contributed by atoms with Crippen molar-refractivity contribution in [2.75, 3.05) is 7.11 Å². The van der Waals surface area contributed by atoms with Gasteiger partial charge in [0.15, 0.2) is 5.82 Å². The topological polar surface area (TPSA) is 120 Å². The first kappa shape index (κ1) is 13.5. The number of rotatable bonds is 5. The molecule has 0 amide bonds. The van der Waals surface area contributed by atoms with Gasteiger partial charge < -0.3 is 9.84 Å². The first-order chi connectivity index (χ1) is 9.52. The molecular weight excluding hydrogens is 268 g/mol. The van der Waals surface area contributed by atoms with Crippen molar-refractivity contribution in [1.82, 2.24) is 14.8 Å². The Kier molecular flexibility index (Phi) is 3.60. The van der Waals surface area contributed by atoms with Crippen molar-refractivity contribution in [1.29, 1.82) is 0 Å². The maximum atomic E-state index is 10.9. The second-order valence-corrected chi connectivity index (χ2v) is 3.77. The van der Waals surface area contributed by atoms with Crippen molar-refractivity contribution in [2.24, 2.45) is 0 Å². The van der Waals surface area contributed by atoms with Crippen LogP contribution in [-0.2, 0) is 11.3 Å². The number of nitrogens with zero attached hydrogens (tertiary/aromatic N) is 4. The van der Waals surface area contributed by atoms with Gasteiger partial charge in [-0.1, -0.05) is 6.07 Å². The lowest BCUT2D eigenvalue weighted by Gasteiger charge is -2.05. The molecule has 0 saturated carbocycles. The van der Waals surface area contributed by atoms with Gasteiger partial charge in [0, 0.05) is 6.07 Å². The highest BCUT2D eigenvalue weighted by atomic mass is 16.6. The molecule has 0 bridgehead atoms. The monoisotopic (exact) mass is 278 g/mol. The first-order valence-electron chi connectivity index (χ1n) is 5.46. The van der Waals surface area contributed by atoms with Crippen molar-refractivity contribution in [3.05, 3.63) is 34.6 Å². The number of nitro benzene ring substituents is 1. The number of hydrogen-bond acceptors (Lipinski definition) is 6. The third-order valence-electron chi connectivity index (χ3n) is 2.47. The van der Waals surface area contributed by atoms with Gasteiger partial charge in [-0.2, -0.15) is 5.10 Å². The van der Waals surface area contributed by atoms with Crippen molar-refractivity contribution >= 4 is 11.7 Å². The number of benzene rings is 1. The molecule has 0 radical (unpaired) electrons. The third-order valence-corrected chi connectivity index (χ3v) is 2.47. The smallest absolute Gasteiger partial charge is 0.325 e. The summed E-state index contributed by atoms with van der Waals surface area (Å²) in [4.78, 5) is 24.9. The van der Waals surface area contributed by atoms with Crippen molar-refractivity contribution < 1.29 is 19.6 Å². The molecular formula is C11H10N4O5. The van der Waals surface area contributed by atoms with Gasteiger partial charge in [-0.05, 0) is 6.07 Å². The van der Waals surface area contributed by atoms with Gasteiger partial charge in [0.25, 0.3) is 0 Å². The Labute approximate surface area is 112 Å². The number of carbonyl (C=O) groups is 1. The molecule has 104 valence electrons. The molecule has 2 rings (SSSR count). The standard InChI is InChI=1S/C11H10N4O5/c1-20-10-7(3-2-4-8(10)15(18)19)11-12-6-14(13-11)5-9(16)17/h2-4,6H,5H2,1H3,(H,16,17). The van der Waals surface area contributed by atoms with Crippen molar-refractivity contribution in [3.63, 3.8) is 0 Å². The highest BCUT2D eigenvalue weighted by Crippen LogP contribution is 2.35. The fraction of sp³-hybridized carbons (Fsp3) is 0.182. The summed E-state index contributed by atoms with van der Waals surface area (Å²) in [5.41, 5.74) is 0.116. The van der Waals surface area contributed by atoms with E-state index in [9.17, 15) is 14.9 Å². The molecule has 0 aliphatic rings. The molecule has 1 aromatic heterocycles. The number of aromatic nitrogens is 3. The zero-order valence-corrected chi connectivity index (χ0v) is 10.4. The lowest BCUT2D eigenvalue weighted by Crippen LogP contribution is -2.09. The van der Waals surface area contributed by atoms with E-state index in [1.165, 1.54) is 25.6 Å². The summed E-state index contributed by atoms with van der Waals surface area (Å²) in [6.45, 7) is -0.343. The molecule has 0 saturated heterocycles. The van der Waals surface area contributed by atoms with Crippen LogP contribution in [0.1, 0.15) is 0 Å². The maximum Gasteiger partial charge on any atom is 0.325 e. The van der Waals surface area contributed by atoms with E-state index in [-0.39, 0.29) is 23.8 Å². The average molecular weight is 278 g/mol. The summed E-state index contributed by atoms with van der Waals surface area (Å²) < 4.78 is 6.16. The summed E-state index contributed by atoms with van der Waals surface area (Å²) in [7, 11) is 1.31. The second-order valence-electron chi connectivity index (χ2n) is 3.77. The Morgan fingerprint density at radius 2 is 2.30 bits per heavy atom. The van der Waals surface area contributed by atoms with Gasteiger partial charge in [0.05, 0.1) is 17.6 Å². The number of nitro groups is 1. The Morgan fingerprint density at radius 3 is 2.90 bits per heavy atom. The highest BCUT2D eigenvalue weighted by molar-refractivity contribution is 5.71. The predicted octanol–water partition coefficient (Wildman–Crippen LogP) is 0.946.